The third kappa shape index (κ3) is 5.56. The van der Waals surface area contributed by atoms with Crippen LogP contribution in [-0.2, 0) is 24.4 Å². The second-order valence-corrected chi connectivity index (χ2v) is 7.79. The van der Waals surface area contributed by atoms with Gasteiger partial charge in [0.25, 0.3) is 0 Å². The van der Waals surface area contributed by atoms with E-state index in [1.54, 1.807) is 0 Å². The zero-order chi connectivity index (χ0) is 20.1. The van der Waals surface area contributed by atoms with E-state index < -0.39 is 47.4 Å². The summed E-state index contributed by atoms with van der Waals surface area (Å²) in [4.78, 5) is 33.7. The molecular formula is C14H17Cl2N3O6S. The van der Waals surface area contributed by atoms with Gasteiger partial charge in [0.15, 0.2) is 0 Å². The van der Waals surface area contributed by atoms with Gasteiger partial charge >= 0.3 is 5.97 Å². The molecule has 26 heavy (non-hydrogen) atoms. The van der Waals surface area contributed by atoms with Crippen molar-refractivity contribution in [2.24, 2.45) is 0 Å². The van der Waals surface area contributed by atoms with Gasteiger partial charge in [0.2, 0.25) is 21.8 Å². The molecule has 0 aromatic heterocycles. The number of carboxylic acid groups (broad SMARTS) is 1. The smallest absolute Gasteiger partial charge is 0.322 e. The van der Waals surface area contributed by atoms with Crippen molar-refractivity contribution in [3.63, 3.8) is 0 Å². The molecule has 9 nitrogen and oxygen atoms in total. The van der Waals surface area contributed by atoms with Crippen LogP contribution in [0.3, 0.4) is 0 Å². The van der Waals surface area contributed by atoms with Crippen LogP contribution < -0.4 is 10.6 Å². The quantitative estimate of drug-likeness (QED) is 0.546. The molecule has 0 aliphatic carbocycles. The summed E-state index contributed by atoms with van der Waals surface area (Å²) in [6.45, 7) is -0.585. The lowest BCUT2D eigenvalue weighted by Crippen LogP contribution is -2.46. The van der Waals surface area contributed by atoms with Gasteiger partial charge < -0.3 is 15.7 Å². The van der Waals surface area contributed by atoms with Gasteiger partial charge in [0, 0.05) is 12.1 Å². The highest BCUT2D eigenvalue weighted by atomic mass is 35.5. The maximum absolute atomic E-state index is 12.9. The van der Waals surface area contributed by atoms with Crippen LogP contribution in [0.5, 0.6) is 0 Å². The Morgan fingerprint density at radius 2 is 1.73 bits per heavy atom. The van der Waals surface area contributed by atoms with Crippen LogP contribution in [0.15, 0.2) is 17.0 Å². The Hall–Kier alpha value is -1.88. The molecule has 0 heterocycles. The Kier molecular flexibility index (Phi) is 7.82. The highest BCUT2D eigenvalue weighted by molar-refractivity contribution is 7.89. The predicted octanol–water partition coefficient (Wildman–Crippen LogP) is 0.239. The minimum Gasteiger partial charge on any atom is -0.480 e. The van der Waals surface area contributed by atoms with Crippen molar-refractivity contribution in [2.45, 2.75) is 11.8 Å². The number of nitrogens with one attached hydrogen (secondary N) is 2. The molecule has 0 aliphatic rings. The summed E-state index contributed by atoms with van der Waals surface area (Å²) < 4.78 is 26.3. The fraction of sp³-hybridized carbons (Fsp3) is 0.357. The molecule has 0 bridgehead atoms. The van der Waals surface area contributed by atoms with Crippen LogP contribution in [-0.4, -0.2) is 62.3 Å². The molecule has 2 amide bonds. The topological polar surface area (TPSA) is 133 Å². The van der Waals surface area contributed by atoms with E-state index in [9.17, 15) is 22.8 Å². The fourth-order valence-corrected chi connectivity index (χ4v) is 3.97. The number of rotatable bonds is 8. The Balaban J connectivity index is 3.23. The fourth-order valence-electron chi connectivity index (χ4n) is 1.83. The molecule has 0 atom stereocenters. The maximum Gasteiger partial charge on any atom is 0.322 e. The van der Waals surface area contributed by atoms with Crippen LogP contribution >= 0.6 is 23.2 Å². The second-order valence-electron chi connectivity index (χ2n) is 5.10. The Bertz CT molecular complexity index is 828. The van der Waals surface area contributed by atoms with Crippen molar-refractivity contribution in [3.8, 4) is 0 Å². The Labute approximate surface area is 160 Å². The number of benzene rings is 1. The first-order valence-electron chi connectivity index (χ1n) is 7.14. The van der Waals surface area contributed by atoms with Crippen molar-refractivity contribution in [2.75, 3.05) is 26.7 Å². The van der Waals surface area contributed by atoms with Gasteiger partial charge in [-0.15, -0.1) is 0 Å². The van der Waals surface area contributed by atoms with Crippen molar-refractivity contribution in [1.82, 2.24) is 14.9 Å². The molecule has 0 saturated carbocycles. The third-order valence-corrected chi connectivity index (χ3v) is 6.10. The number of carboxylic acids is 1. The molecule has 1 aromatic carbocycles. The summed E-state index contributed by atoms with van der Waals surface area (Å²) in [6, 6.07) is 2.50. The summed E-state index contributed by atoms with van der Waals surface area (Å²) in [5.74, 6) is -2.85. The van der Waals surface area contributed by atoms with Crippen LogP contribution in [0, 0.1) is 6.92 Å². The summed E-state index contributed by atoms with van der Waals surface area (Å²) >= 11 is 12.0. The Morgan fingerprint density at radius 1 is 1.15 bits per heavy atom. The van der Waals surface area contributed by atoms with Crippen molar-refractivity contribution >= 4 is 51.0 Å². The van der Waals surface area contributed by atoms with Gasteiger partial charge in [-0.25, -0.2) is 8.42 Å². The monoisotopic (exact) mass is 425 g/mol. The van der Waals surface area contributed by atoms with E-state index in [4.69, 9.17) is 28.3 Å². The number of sulfonamides is 1. The van der Waals surface area contributed by atoms with Crippen molar-refractivity contribution in [1.29, 1.82) is 0 Å². The van der Waals surface area contributed by atoms with Crippen LogP contribution in [0.25, 0.3) is 0 Å². The number of nitrogens with zero attached hydrogens (tertiary/aromatic N) is 1. The SMILES string of the molecule is CNC(=O)CN(CC(=O)NCC(=O)O)S(=O)(=O)c1ccc(Cl)c(C)c1Cl. The van der Waals surface area contributed by atoms with Crippen LogP contribution in [0.1, 0.15) is 5.56 Å². The lowest BCUT2D eigenvalue weighted by molar-refractivity contribution is -0.138. The highest BCUT2D eigenvalue weighted by Crippen LogP contribution is 2.31. The lowest BCUT2D eigenvalue weighted by atomic mass is 10.2. The van der Waals surface area contributed by atoms with Crippen molar-refractivity contribution < 1.29 is 27.9 Å². The number of hydrogen-bond acceptors (Lipinski definition) is 5. The Morgan fingerprint density at radius 3 is 2.27 bits per heavy atom. The summed E-state index contributed by atoms with van der Waals surface area (Å²) in [5.41, 5.74) is 0.324. The number of hydrogen-bond donors (Lipinski definition) is 3. The van der Waals surface area contributed by atoms with E-state index in [0.717, 1.165) is 0 Å². The average molecular weight is 426 g/mol. The number of aliphatic carboxylic acids is 1. The molecular weight excluding hydrogens is 409 g/mol. The van der Waals surface area contributed by atoms with Crippen LogP contribution in [0.2, 0.25) is 10.0 Å². The molecule has 12 heteroatoms. The molecule has 0 aliphatic heterocycles. The first kappa shape index (κ1) is 22.2. The van der Waals surface area contributed by atoms with Gasteiger partial charge in [-0.05, 0) is 24.6 Å². The first-order valence-corrected chi connectivity index (χ1v) is 9.34. The molecule has 0 radical (unpaired) electrons. The zero-order valence-electron chi connectivity index (χ0n) is 13.9. The average Bonchev–Trinajstić information content (AvgIpc) is 2.56. The van der Waals surface area contributed by atoms with Gasteiger partial charge in [-0.3, -0.25) is 14.4 Å². The minimum absolute atomic E-state index is 0.134. The summed E-state index contributed by atoms with van der Waals surface area (Å²) in [6.07, 6.45) is 0. The maximum atomic E-state index is 12.9. The molecule has 0 spiro atoms. The molecule has 1 rings (SSSR count). The van der Waals surface area contributed by atoms with Gasteiger partial charge in [0.1, 0.15) is 11.4 Å². The number of carbonyl (C=O) groups is 3. The normalized spacial score (nSPS) is 11.3. The van der Waals surface area contributed by atoms with E-state index >= 15 is 0 Å². The van der Waals surface area contributed by atoms with Gasteiger partial charge in [-0.1, -0.05) is 23.2 Å². The van der Waals surface area contributed by atoms with E-state index in [-0.39, 0.29) is 14.9 Å². The zero-order valence-corrected chi connectivity index (χ0v) is 16.2. The van der Waals surface area contributed by atoms with E-state index in [2.05, 4.69) is 5.32 Å². The van der Waals surface area contributed by atoms with Crippen LogP contribution in [0.4, 0.5) is 0 Å². The number of halogens is 2. The number of carbonyl (C=O) groups excluding carboxylic acids is 2. The van der Waals surface area contributed by atoms with Gasteiger partial charge in [0.05, 0.1) is 18.1 Å². The van der Waals surface area contributed by atoms with Gasteiger partial charge in [-0.2, -0.15) is 4.31 Å². The highest BCUT2D eigenvalue weighted by Gasteiger charge is 2.31. The van der Waals surface area contributed by atoms with E-state index in [1.165, 1.54) is 26.1 Å². The minimum atomic E-state index is -4.34. The second kappa shape index (κ2) is 9.17. The van der Waals surface area contributed by atoms with Crippen molar-refractivity contribution in [3.05, 3.63) is 27.7 Å². The summed E-state index contributed by atoms with van der Waals surface area (Å²) in [5, 5.41) is 13.0. The van der Waals surface area contributed by atoms with E-state index in [0.29, 0.717) is 9.87 Å². The molecule has 0 saturated heterocycles. The summed E-state index contributed by atoms with van der Waals surface area (Å²) in [7, 11) is -3.03. The third-order valence-electron chi connectivity index (χ3n) is 3.26. The molecule has 144 valence electrons. The molecule has 0 fully saturated rings. The molecule has 0 unspecified atom stereocenters. The number of likely N-dealkylation sites (N-methyl/N-ethyl adjacent to an activating group) is 1. The lowest BCUT2D eigenvalue weighted by Gasteiger charge is -2.22. The molecule has 1 aromatic rings. The first-order chi connectivity index (χ1) is 12.0. The number of amides is 2. The largest absolute Gasteiger partial charge is 0.480 e. The standard InChI is InChI=1S/C14H17Cl2N3O6S/c1-8-9(15)3-4-10(14(8)16)26(24,25)19(6-11(20)17-2)7-12(21)18-5-13(22)23/h3-4H,5-7H2,1-2H3,(H,17,20)(H,18,21)(H,22,23). The van der Waals surface area contributed by atoms with E-state index in [1.807, 2.05) is 5.32 Å². The predicted molar refractivity (Wildman–Crippen MR) is 94.7 cm³/mol. The molecule has 3 N–H and O–H groups in total.